The van der Waals surface area contributed by atoms with Gasteiger partial charge in [-0.25, -0.2) is 13.1 Å². The summed E-state index contributed by atoms with van der Waals surface area (Å²) in [6.45, 7) is 2.54. The van der Waals surface area contributed by atoms with E-state index in [0.29, 0.717) is 6.54 Å². The predicted octanol–water partition coefficient (Wildman–Crippen LogP) is 2.08. The van der Waals surface area contributed by atoms with E-state index in [-0.39, 0.29) is 0 Å². The summed E-state index contributed by atoms with van der Waals surface area (Å²) in [4.78, 5) is 0. The highest BCUT2D eigenvalue weighted by Crippen LogP contribution is 2.07. The Morgan fingerprint density at radius 1 is 1.12 bits per heavy atom. The summed E-state index contributed by atoms with van der Waals surface area (Å²) in [5.74, 6) is 0. The van der Waals surface area contributed by atoms with Gasteiger partial charge in [0.2, 0.25) is 10.0 Å². The lowest BCUT2D eigenvalue weighted by Crippen LogP contribution is -2.21. The molecular formula is C12H19NO2S. The highest BCUT2D eigenvalue weighted by atomic mass is 32.2. The molecular weight excluding hydrogens is 222 g/mol. The first-order chi connectivity index (χ1) is 7.51. The molecule has 4 heteroatoms. The van der Waals surface area contributed by atoms with Gasteiger partial charge in [0.25, 0.3) is 0 Å². The number of nitrogens with one attached hydrogen (secondary N) is 1. The van der Waals surface area contributed by atoms with Gasteiger partial charge >= 0.3 is 0 Å². The van der Waals surface area contributed by atoms with Gasteiger partial charge in [-0.15, -0.1) is 0 Å². The molecule has 0 aliphatic rings. The molecule has 0 fully saturated rings. The second-order valence-electron chi connectivity index (χ2n) is 4.01. The molecule has 0 heterocycles. The van der Waals surface area contributed by atoms with Crippen LogP contribution in [-0.2, 0) is 23.0 Å². The summed E-state index contributed by atoms with van der Waals surface area (Å²) in [5, 5.41) is 0. The van der Waals surface area contributed by atoms with E-state index in [9.17, 15) is 8.42 Å². The Kier molecular flexibility index (Phi) is 4.96. The van der Waals surface area contributed by atoms with E-state index in [2.05, 4.69) is 23.8 Å². The van der Waals surface area contributed by atoms with Gasteiger partial charge in [0.1, 0.15) is 0 Å². The highest BCUT2D eigenvalue weighted by molar-refractivity contribution is 7.88. The Morgan fingerprint density at radius 2 is 1.69 bits per heavy atom. The molecule has 0 spiro atoms. The van der Waals surface area contributed by atoms with Crippen molar-refractivity contribution < 1.29 is 8.42 Å². The molecule has 16 heavy (non-hydrogen) atoms. The van der Waals surface area contributed by atoms with Crippen molar-refractivity contribution in [3.63, 3.8) is 0 Å². The molecule has 0 aliphatic carbocycles. The van der Waals surface area contributed by atoms with E-state index in [1.165, 1.54) is 24.7 Å². The molecule has 1 aromatic rings. The molecule has 0 atom stereocenters. The Morgan fingerprint density at radius 3 is 2.19 bits per heavy atom. The van der Waals surface area contributed by atoms with Gasteiger partial charge in [-0.1, -0.05) is 37.6 Å². The zero-order valence-corrected chi connectivity index (χ0v) is 10.7. The molecule has 3 nitrogen and oxygen atoms in total. The number of benzene rings is 1. The summed E-state index contributed by atoms with van der Waals surface area (Å²) in [6.07, 6.45) is 4.65. The summed E-state index contributed by atoms with van der Waals surface area (Å²) in [5.41, 5.74) is 2.30. The zero-order chi connectivity index (χ0) is 12.0. The minimum absolute atomic E-state index is 0.368. The highest BCUT2D eigenvalue weighted by Gasteiger charge is 2.00. The van der Waals surface area contributed by atoms with E-state index in [1.807, 2.05) is 12.1 Å². The van der Waals surface area contributed by atoms with Crippen LogP contribution in [0.25, 0.3) is 0 Å². The van der Waals surface area contributed by atoms with E-state index in [4.69, 9.17) is 0 Å². The van der Waals surface area contributed by atoms with E-state index in [1.54, 1.807) is 0 Å². The SMILES string of the molecule is CCCCc1ccc(CNS(C)(=O)=O)cc1. The summed E-state index contributed by atoms with van der Waals surface area (Å²) >= 11 is 0. The van der Waals surface area contributed by atoms with Crippen LogP contribution in [-0.4, -0.2) is 14.7 Å². The zero-order valence-electron chi connectivity index (χ0n) is 9.86. The standard InChI is InChI=1S/C12H19NO2S/c1-3-4-5-11-6-8-12(9-7-11)10-13-16(2,14)15/h6-9,13H,3-5,10H2,1-2H3. The molecule has 90 valence electrons. The number of aryl methyl sites for hydroxylation is 1. The number of unbranched alkanes of at least 4 members (excludes halogenated alkanes) is 1. The molecule has 1 aromatic carbocycles. The van der Waals surface area contributed by atoms with Crippen LogP contribution in [0, 0.1) is 0 Å². The lowest BCUT2D eigenvalue weighted by Gasteiger charge is -2.04. The van der Waals surface area contributed by atoms with Crippen LogP contribution in [0.4, 0.5) is 0 Å². The van der Waals surface area contributed by atoms with Crippen molar-refractivity contribution in [1.82, 2.24) is 4.72 Å². The molecule has 0 aliphatic heterocycles. The Bertz CT molecular complexity index is 409. The van der Waals surface area contributed by atoms with Crippen molar-refractivity contribution in [2.75, 3.05) is 6.26 Å². The lowest BCUT2D eigenvalue weighted by atomic mass is 10.1. The largest absolute Gasteiger partial charge is 0.213 e. The summed E-state index contributed by atoms with van der Waals surface area (Å²) in [6, 6.07) is 8.08. The lowest BCUT2D eigenvalue weighted by molar-refractivity contribution is 0.587. The van der Waals surface area contributed by atoms with Crippen molar-refractivity contribution in [1.29, 1.82) is 0 Å². The van der Waals surface area contributed by atoms with E-state index >= 15 is 0 Å². The van der Waals surface area contributed by atoms with E-state index < -0.39 is 10.0 Å². The number of rotatable bonds is 6. The van der Waals surface area contributed by atoms with E-state index in [0.717, 1.165) is 12.0 Å². The van der Waals surface area contributed by atoms with Crippen molar-refractivity contribution in [2.24, 2.45) is 0 Å². The Hall–Kier alpha value is -0.870. The number of sulfonamides is 1. The fourth-order valence-electron chi connectivity index (χ4n) is 1.42. The van der Waals surface area contributed by atoms with Crippen LogP contribution >= 0.6 is 0 Å². The molecule has 0 amide bonds. The van der Waals surface area contributed by atoms with Crippen LogP contribution in [0.3, 0.4) is 0 Å². The quantitative estimate of drug-likeness (QED) is 0.829. The third kappa shape index (κ3) is 5.28. The number of hydrogen-bond donors (Lipinski definition) is 1. The van der Waals surface area contributed by atoms with Crippen molar-refractivity contribution in [3.8, 4) is 0 Å². The monoisotopic (exact) mass is 241 g/mol. The number of hydrogen-bond acceptors (Lipinski definition) is 2. The van der Waals surface area contributed by atoms with Gasteiger partial charge < -0.3 is 0 Å². The van der Waals surface area contributed by atoms with Crippen LogP contribution in [0.2, 0.25) is 0 Å². The second kappa shape index (κ2) is 6.01. The summed E-state index contributed by atoms with van der Waals surface area (Å²) in [7, 11) is -3.10. The third-order valence-corrected chi connectivity index (χ3v) is 3.05. The van der Waals surface area contributed by atoms with Gasteiger partial charge in [-0.05, 0) is 24.0 Å². The fourth-order valence-corrected chi connectivity index (χ4v) is 1.85. The van der Waals surface area contributed by atoms with Crippen LogP contribution in [0.15, 0.2) is 24.3 Å². The van der Waals surface area contributed by atoms with Crippen LogP contribution in [0.1, 0.15) is 30.9 Å². The molecule has 0 saturated heterocycles. The van der Waals surface area contributed by atoms with Crippen LogP contribution < -0.4 is 4.72 Å². The molecule has 1 rings (SSSR count). The third-order valence-electron chi connectivity index (χ3n) is 2.38. The maximum Gasteiger partial charge on any atom is 0.209 e. The van der Waals surface area contributed by atoms with Crippen LogP contribution in [0.5, 0.6) is 0 Å². The Balaban J connectivity index is 2.51. The predicted molar refractivity (Wildman–Crippen MR) is 66.7 cm³/mol. The molecule has 0 unspecified atom stereocenters. The topological polar surface area (TPSA) is 46.2 Å². The van der Waals surface area contributed by atoms with Gasteiger partial charge in [-0.3, -0.25) is 0 Å². The molecule has 1 N–H and O–H groups in total. The average Bonchev–Trinajstić information content (AvgIpc) is 2.24. The maximum absolute atomic E-state index is 10.9. The Labute approximate surface area is 97.9 Å². The van der Waals surface area contributed by atoms with Gasteiger partial charge in [0, 0.05) is 6.54 Å². The first-order valence-corrected chi connectivity index (χ1v) is 7.43. The molecule has 0 saturated carbocycles. The molecule has 0 aromatic heterocycles. The summed E-state index contributed by atoms with van der Waals surface area (Å²) < 4.78 is 24.3. The smallest absolute Gasteiger partial charge is 0.209 e. The van der Waals surface area contributed by atoms with Crippen molar-refractivity contribution in [3.05, 3.63) is 35.4 Å². The van der Waals surface area contributed by atoms with Crippen molar-refractivity contribution >= 4 is 10.0 Å². The molecule has 0 bridgehead atoms. The van der Waals surface area contributed by atoms with Gasteiger partial charge in [-0.2, -0.15) is 0 Å². The average molecular weight is 241 g/mol. The maximum atomic E-state index is 10.9. The minimum Gasteiger partial charge on any atom is -0.213 e. The minimum atomic E-state index is -3.10. The second-order valence-corrected chi connectivity index (χ2v) is 5.85. The van der Waals surface area contributed by atoms with Crippen molar-refractivity contribution in [2.45, 2.75) is 32.7 Å². The molecule has 0 radical (unpaired) electrons. The van der Waals surface area contributed by atoms with Gasteiger partial charge in [0.15, 0.2) is 0 Å². The fraction of sp³-hybridized carbons (Fsp3) is 0.500. The van der Waals surface area contributed by atoms with Gasteiger partial charge in [0.05, 0.1) is 6.26 Å². The normalized spacial score (nSPS) is 11.6. The first-order valence-electron chi connectivity index (χ1n) is 5.53. The first kappa shape index (κ1) is 13.2.